The Kier molecular flexibility index (Phi) is 28.9. The average molecular weight is 2020 g/mol. The maximum absolute atomic E-state index is 13.3. The molecule has 135 heavy (non-hydrogen) atoms. The first-order valence-electron chi connectivity index (χ1n) is 45.4. The summed E-state index contributed by atoms with van der Waals surface area (Å²) in [6.07, 6.45) is 53.7. The van der Waals surface area contributed by atoms with Crippen molar-refractivity contribution in [1.82, 2.24) is 112 Å². The fourth-order valence-electron chi connectivity index (χ4n) is 19.7. The Morgan fingerprint density at radius 1 is 0.496 bits per heavy atom. The van der Waals surface area contributed by atoms with Crippen molar-refractivity contribution >= 4 is 149 Å². The molecule has 5 aliphatic heterocycles. The van der Waals surface area contributed by atoms with Gasteiger partial charge in [0.05, 0.1) is 86.3 Å². The molecule has 5 fully saturated rings. The molecule has 38 heteroatoms. The molecule has 8 aliphatic rings. The number of piperidine rings is 3. The van der Waals surface area contributed by atoms with E-state index in [0.717, 1.165) is 250 Å². The molecule has 15 aromatic heterocycles. The number of rotatable bonds is 13. The molecule has 3 spiro atoms. The van der Waals surface area contributed by atoms with E-state index in [-0.39, 0.29) is 85.9 Å². The van der Waals surface area contributed by atoms with E-state index >= 15 is 0 Å². The van der Waals surface area contributed by atoms with Crippen LogP contribution in [0.4, 0.5) is 17.8 Å². The molecule has 690 valence electrons. The minimum atomic E-state index is -1.18. The van der Waals surface area contributed by atoms with Crippen LogP contribution in [0.1, 0.15) is 190 Å². The minimum Gasteiger partial charge on any atom is -0.779 e. The molecule has 0 saturated carbocycles. The number of halogens is 1. The van der Waals surface area contributed by atoms with Crippen LogP contribution in [0.2, 0.25) is 0 Å². The van der Waals surface area contributed by atoms with Gasteiger partial charge in [0.2, 0.25) is 17.8 Å². The second kappa shape index (κ2) is 41.0. The largest absolute Gasteiger partial charge is 1.00 e. The summed E-state index contributed by atoms with van der Waals surface area (Å²) < 4.78 is 55.5. The number of H-pyrrole nitrogens is 1. The SMILES string of the molecule is C#CC#CC#CC.CC(C)(C)S(=O)N[C@@H]1c2cccnc2CC12CCN(c1ncc(Sc3ccnc4c3cnn4C3CCCCO3)c3nccn13)CC2.CC(C)(C)[S@@](=O)N[C@@H]1c2cccnc2CC12CCN(c1ncc(I)c3nccn13)CC2.N[C@@H]1c2cccnc2CC12CCN(c1ncc(Sc3ccnc4[nH]ncc34)c3nccn13)CC2.[Na+].[S-]c1ccnc2c1cnn2C1CCCCO1. The zero-order chi connectivity index (χ0) is 92.5. The third-order valence-electron chi connectivity index (χ3n) is 26.8. The number of aromatic nitrogens is 21. The van der Waals surface area contributed by atoms with Gasteiger partial charge in [0.15, 0.2) is 46.3 Å². The van der Waals surface area contributed by atoms with Gasteiger partial charge in [-0.05, 0) is 254 Å². The topological polar surface area (TPSA) is 345 Å². The summed E-state index contributed by atoms with van der Waals surface area (Å²) in [5, 5.41) is 19.0. The van der Waals surface area contributed by atoms with E-state index < -0.39 is 22.0 Å². The summed E-state index contributed by atoms with van der Waals surface area (Å²) in [4.78, 5) is 67.8. The van der Waals surface area contributed by atoms with Crippen molar-refractivity contribution in [2.45, 2.75) is 209 Å². The van der Waals surface area contributed by atoms with Crippen LogP contribution in [-0.2, 0) is 63.3 Å². The standard InChI is InChI=1S/C33H39N9O2S2.C24H23N9S.C22H27IN6OS.C11H13N3OS.C7H4.Na/c1-32(2,3)46(43)39-28-22-7-6-12-34-24(22)19-33(28)10-15-40(16-11-33)31-37-21-26(30-36-14-17-41(30)31)45-25-9-13-35-29-23(25)20-38-42(29)27-8-4-5-18-44-27;25-20-15-2-1-6-26-17(15)12-24(20)4-9-32(10-5-24)23-29-14-19(22-28-8-11-33(22)23)34-18-3-7-27-21-16(18)13-30-31-21;1-21(2,3)31(30)27-18-15-5-4-8-24-17(15)13-22(18)6-10-28(11-7-22)20-26-14-16(23)19-25-9-12-29(19)20;16-9-4-5-12-11-8(9)7-13-14(11)10-3-1-2-6-15-10;1-3-5-7-6-4-2;/h6-7,9,12-14,17,20-21,27-28,39H,4-5,8,10-11,15-16,18-19H2,1-3H3;1-3,6-8,11,13-14,20H,4-5,9-10,12,25H2,(H,27,30,31);4-5,8-9,12,14,18,27H,6-7,10-11,13H2,1-3H3;4-5,7,10H,1-3,6H2,(H,12,16);1H,2H3;/q;;;;;+1/p-1/t27?,28-,46?;20-;18-,31-;;;/m111.../s1. The predicted octanol–water partition coefficient (Wildman–Crippen LogP) is 12.4. The predicted molar refractivity (Wildman–Crippen MR) is 532 cm³/mol. The van der Waals surface area contributed by atoms with Gasteiger partial charge in [-0.15, -0.1) is 6.42 Å². The van der Waals surface area contributed by atoms with Crippen molar-refractivity contribution in [3.05, 3.63) is 203 Å². The second-order valence-electron chi connectivity index (χ2n) is 37.0. The first kappa shape index (κ1) is 95.3. The van der Waals surface area contributed by atoms with Crippen molar-refractivity contribution in [2.75, 3.05) is 67.2 Å². The Morgan fingerprint density at radius 2 is 0.933 bits per heavy atom. The molecular weight excluding hydrogens is 1920 g/mol. The number of fused-ring (bicyclic) bond motifs is 9. The zero-order valence-electron chi connectivity index (χ0n) is 76.7. The molecular formula is C97H105IN27NaO4S5. The van der Waals surface area contributed by atoms with Gasteiger partial charge in [0.1, 0.15) is 0 Å². The molecule has 5 N–H and O–H groups in total. The van der Waals surface area contributed by atoms with Gasteiger partial charge in [-0.25, -0.2) is 72.1 Å². The molecule has 7 atom stereocenters. The quantitative estimate of drug-likeness (QED) is 0.0360. The van der Waals surface area contributed by atoms with E-state index in [2.05, 4.69) is 163 Å². The third-order valence-corrected chi connectivity index (χ3v) is 33.2. The molecule has 0 aromatic carbocycles. The Hall–Kier alpha value is -10.0. The molecule has 0 radical (unpaired) electrons. The van der Waals surface area contributed by atoms with Crippen molar-refractivity contribution < 1.29 is 47.4 Å². The summed E-state index contributed by atoms with van der Waals surface area (Å²) in [6.45, 7) is 20.7. The molecule has 0 bridgehead atoms. The number of imidazole rings is 3. The van der Waals surface area contributed by atoms with Gasteiger partial charge in [0, 0.05) is 184 Å². The van der Waals surface area contributed by atoms with E-state index in [4.69, 9.17) is 59.2 Å². The zero-order valence-corrected chi connectivity index (χ0v) is 85.0. The molecule has 3 unspecified atom stereocenters. The number of anilines is 3. The smallest absolute Gasteiger partial charge is 0.779 e. The molecule has 5 saturated heterocycles. The van der Waals surface area contributed by atoms with Crippen LogP contribution < -0.4 is 59.4 Å². The number of nitrogens with zero attached hydrogens (tertiary/aromatic N) is 23. The average Bonchev–Trinajstić information content (AvgIpc) is 1.60. The number of nitrogens with one attached hydrogen (secondary N) is 3. The summed E-state index contributed by atoms with van der Waals surface area (Å²) in [6, 6.07) is 18.4. The van der Waals surface area contributed by atoms with Gasteiger partial charge >= 0.3 is 29.6 Å². The summed E-state index contributed by atoms with van der Waals surface area (Å²) in [5.41, 5.74) is 19.0. The number of terminal acetylenes is 1. The third kappa shape index (κ3) is 19.6. The van der Waals surface area contributed by atoms with Gasteiger partial charge in [0.25, 0.3) is 0 Å². The van der Waals surface area contributed by atoms with Crippen LogP contribution in [-0.4, -0.2) is 173 Å². The van der Waals surface area contributed by atoms with E-state index in [9.17, 15) is 8.42 Å². The number of nitrogens with two attached hydrogens (primary N) is 1. The van der Waals surface area contributed by atoms with Crippen LogP contribution >= 0.6 is 46.1 Å². The van der Waals surface area contributed by atoms with Crippen molar-refractivity contribution in [2.24, 2.45) is 22.0 Å². The van der Waals surface area contributed by atoms with Crippen molar-refractivity contribution in [3.63, 3.8) is 0 Å². The number of hydrogen-bond acceptors (Lipinski definition) is 26. The summed E-state index contributed by atoms with van der Waals surface area (Å²) in [7, 11) is -2.32. The van der Waals surface area contributed by atoms with Crippen molar-refractivity contribution in [1.29, 1.82) is 0 Å². The van der Waals surface area contributed by atoms with Gasteiger partial charge in [-0.2, -0.15) is 20.2 Å². The number of aromatic amines is 1. The number of ether oxygens (including phenoxy) is 2. The van der Waals surface area contributed by atoms with E-state index in [1.807, 2.05) is 174 Å². The second-order valence-corrected chi connectivity index (χ2v) is 44.7. The van der Waals surface area contributed by atoms with Crippen LogP contribution in [0.25, 0.3) is 50.0 Å². The van der Waals surface area contributed by atoms with Crippen molar-refractivity contribution in [3.8, 4) is 36.0 Å². The molecule has 15 aromatic rings. The van der Waals surface area contributed by atoms with Crippen LogP contribution in [0.5, 0.6) is 0 Å². The molecule has 31 nitrogen and oxygen atoms in total. The van der Waals surface area contributed by atoms with Gasteiger partial charge in [-0.3, -0.25) is 33.3 Å². The normalized spacial score (nSPS) is 20.1. The maximum Gasteiger partial charge on any atom is 1.00 e. The van der Waals surface area contributed by atoms with Crippen LogP contribution in [0.15, 0.2) is 191 Å². The maximum atomic E-state index is 13.3. The Balaban J connectivity index is 0.000000122. The fourth-order valence-corrected chi connectivity index (χ4v) is 24.3. The summed E-state index contributed by atoms with van der Waals surface area (Å²) >= 11 is 10.8. The molecule has 0 amide bonds. The van der Waals surface area contributed by atoms with E-state index in [0.29, 0.717) is 0 Å². The Morgan fingerprint density at radius 3 is 1.42 bits per heavy atom. The molecule has 3 aliphatic carbocycles. The van der Waals surface area contributed by atoms with Crippen LogP contribution in [0, 0.1) is 55.8 Å². The molecule has 23 rings (SSSR count). The van der Waals surface area contributed by atoms with Gasteiger partial charge < -0.3 is 42.5 Å². The van der Waals surface area contributed by atoms with Crippen LogP contribution in [0.3, 0.4) is 0 Å². The number of hydrogen-bond donors (Lipinski definition) is 4. The minimum absolute atomic E-state index is 0. The summed E-state index contributed by atoms with van der Waals surface area (Å²) in [5.74, 6) is 14.8. The molecule has 20 heterocycles. The van der Waals surface area contributed by atoms with E-state index in [1.165, 1.54) is 28.8 Å². The Bertz CT molecular complexity index is 7040. The first-order chi connectivity index (χ1) is 65.1. The van der Waals surface area contributed by atoms with E-state index in [1.54, 1.807) is 55.2 Å². The first-order valence-corrected chi connectivity index (χ1v) is 50.9. The fraction of sp³-hybridized carbons (Fsp3) is 0.412. The number of pyridine rings is 6. The monoisotopic (exact) mass is 2020 g/mol. The Labute approximate surface area is 838 Å². The van der Waals surface area contributed by atoms with Gasteiger partial charge in [-0.1, -0.05) is 53.7 Å².